The SMILES string of the molecule is O=C(C[C@@H]1C=CCC1)N[C@H](C(=O)O)c1ccc(F)c(F)c1. The summed E-state index contributed by atoms with van der Waals surface area (Å²) in [6.45, 7) is 0. The van der Waals surface area contributed by atoms with Gasteiger partial charge in [-0.2, -0.15) is 0 Å². The fraction of sp³-hybridized carbons (Fsp3) is 0.333. The van der Waals surface area contributed by atoms with Gasteiger partial charge in [0.25, 0.3) is 0 Å². The molecule has 0 saturated carbocycles. The lowest BCUT2D eigenvalue weighted by atomic mass is 10.0. The first-order valence-electron chi connectivity index (χ1n) is 6.61. The van der Waals surface area contributed by atoms with Gasteiger partial charge in [0, 0.05) is 6.42 Å². The smallest absolute Gasteiger partial charge is 0.330 e. The van der Waals surface area contributed by atoms with Crippen LogP contribution in [0.4, 0.5) is 8.78 Å². The normalized spacial score (nSPS) is 18.5. The second-order valence-corrected chi connectivity index (χ2v) is 4.98. The summed E-state index contributed by atoms with van der Waals surface area (Å²) in [7, 11) is 0. The van der Waals surface area contributed by atoms with Gasteiger partial charge in [0.2, 0.25) is 5.91 Å². The molecule has 1 aliphatic rings. The van der Waals surface area contributed by atoms with Crippen molar-refractivity contribution < 1.29 is 23.5 Å². The molecule has 1 amide bonds. The summed E-state index contributed by atoms with van der Waals surface area (Å²) in [5, 5.41) is 11.5. The fourth-order valence-corrected chi connectivity index (χ4v) is 2.30. The van der Waals surface area contributed by atoms with E-state index in [2.05, 4.69) is 5.32 Å². The standard InChI is InChI=1S/C15H15F2NO3/c16-11-6-5-10(8-12(11)17)14(15(20)21)18-13(19)7-9-3-1-2-4-9/h1,3,5-6,8-9,14H,2,4,7H2,(H,18,19)(H,20,21)/t9-,14+/m1/s1. The Hall–Kier alpha value is -2.24. The number of halogens is 2. The summed E-state index contributed by atoms with van der Waals surface area (Å²) in [5.74, 6) is -3.86. The first-order valence-corrected chi connectivity index (χ1v) is 6.61. The monoisotopic (exact) mass is 295 g/mol. The van der Waals surface area contributed by atoms with Crippen LogP contribution in [-0.4, -0.2) is 17.0 Å². The van der Waals surface area contributed by atoms with Crippen molar-refractivity contribution >= 4 is 11.9 Å². The molecule has 2 rings (SSSR count). The molecule has 0 fully saturated rings. The molecule has 1 aromatic carbocycles. The minimum absolute atomic E-state index is 0.00304. The molecule has 0 aliphatic heterocycles. The molecule has 0 radical (unpaired) electrons. The molecule has 21 heavy (non-hydrogen) atoms. The summed E-state index contributed by atoms with van der Waals surface area (Å²) in [6.07, 6.45) is 5.85. The zero-order valence-electron chi connectivity index (χ0n) is 11.2. The van der Waals surface area contributed by atoms with Crippen molar-refractivity contribution in [2.45, 2.75) is 25.3 Å². The van der Waals surface area contributed by atoms with E-state index in [9.17, 15) is 18.4 Å². The molecule has 1 aromatic rings. The summed E-state index contributed by atoms with van der Waals surface area (Å²) in [5.41, 5.74) is -0.00304. The lowest BCUT2D eigenvalue weighted by Crippen LogP contribution is -2.34. The van der Waals surface area contributed by atoms with Crippen molar-refractivity contribution in [3.63, 3.8) is 0 Å². The van der Waals surface area contributed by atoms with Crippen LogP contribution in [0.1, 0.15) is 30.9 Å². The molecule has 0 heterocycles. The summed E-state index contributed by atoms with van der Waals surface area (Å²) in [6, 6.07) is 1.38. The highest BCUT2D eigenvalue weighted by Crippen LogP contribution is 2.22. The van der Waals surface area contributed by atoms with Gasteiger partial charge in [-0.1, -0.05) is 18.2 Å². The molecular formula is C15H15F2NO3. The first-order chi connectivity index (χ1) is 9.97. The number of carbonyl (C=O) groups is 2. The number of allylic oxidation sites excluding steroid dienone is 2. The maximum atomic E-state index is 13.2. The lowest BCUT2D eigenvalue weighted by molar-refractivity contribution is -0.142. The van der Waals surface area contributed by atoms with Gasteiger partial charge >= 0.3 is 5.97 Å². The van der Waals surface area contributed by atoms with Crippen molar-refractivity contribution in [1.29, 1.82) is 0 Å². The number of rotatable bonds is 5. The Morgan fingerprint density at radius 2 is 2.10 bits per heavy atom. The van der Waals surface area contributed by atoms with Gasteiger partial charge in [0.1, 0.15) is 0 Å². The average molecular weight is 295 g/mol. The third kappa shape index (κ3) is 3.87. The van der Waals surface area contributed by atoms with Crippen LogP contribution < -0.4 is 5.32 Å². The van der Waals surface area contributed by atoms with Crippen LogP contribution in [0.3, 0.4) is 0 Å². The maximum Gasteiger partial charge on any atom is 0.330 e. The van der Waals surface area contributed by atoms with Crippen LogP contribution in [0.15, 0.2) is 30.4 Å². The predicted octanol–water partition coefficient (Wildman–Crippen LogP) is 2.56. The molecule has 0 saturated heterocycles. The lowest BCUT2D eigenvalue weighted by Gasteiger charge is -2.16. The topological polar surface area (TPSA) is 66.4 Å². The van der Waals surface area contributed by atoms with Crippen LogP contribution in [-0.2, 0) is 9.59 Å². The zero-order chi connectivity index (χ0) is 15.4. The number of amides is 1. The predicted molar refractivity (Wildman–Crippen MR) is 71.4 cm³/mol. The van der Waals surface area contributed by atoms with Gasteiger partial charge < -0.3 is 10.4 Å². The van der Waals surface area contributed by atoms with E-state index >= 15 is 0 Å². The van der Waals surface area contributed by atoms with Gasteiger partial charge in [-0.05, 0) is 36.5 Å². The van der Waals surface area contributed by atoms with E-state index in [1.807, 2.05) is 12.2 Å². The molecule has 0 bridgehead atoms. The number of carboxylic acids is 1. The quantitative estimate of drug-likeness (QED) is 0.820. The molecule has 0 spiro atoms. The first kappa shape index (κ1) is 15.2. The Labute approximate surface area is 120 Å². The Morgan fingerprint density at radius 1 is 1.33 bits per heavy atom. The summed E-state index contributed by atoms with van der Waals surface area (Å²) < 4.78 is 26.1. The van der Waals surface area contributed by atoms with E-state index in [0.717, 1.165) is 31.0 Å². The fourth-order valence-electron chi connectivity index (χ4n) is 2.30. The molecule has 4 nitrogen and oxygen atoms in total. The van der Waals surface area contributed by atoms with Crippen LogP contribution in [0.5, 0.6) is 0 Å². The Kier molecular flexibility index (Phi) is 4.67. The number of hydrogen-bond acceptors (Lipinski definition) is 2. The van der Waals surface area contributed by atoms with Crippen LogP contribution in [0, 0.1) is 17.6 Å². The van der Waals surface area contributed by atoms with E-state index in [0.29, 0.717) is 0 Å². The molecular weight excluding hydrogens is 280 g/mol. The highest BCUT2D eigenvalue weighted by molar-refractivity contribution is 5.84. The van der Waals surface area contributed by atoms with Gasteiger partial charge in [0.15, 0.2) is 17.7 Å². The maximum absolute atomic E-state index is 13.2. The molecule has 2 N–H and O–H groups in total. The van der Waals surface area contributed by atoms with Crippen LogP contribution in [0.2, 0.25) is 0 Å². The van der Waals surface area contributed by atoms with E-state index in [-0.39, 0.29) is 17.9 Å². The second-order valence-electron chi connectivity index (χ2n) is 4.98. The number of hydrogen-bond donors (Lipinski definition) is 2. The number of carbonyl (C=O) groups excluding carboxylic acids is 1. The van der Waals surface area contributed by atoms with Gasteiger partial charge in [-0.3, -0.25) is 4.79 Å². The number of nitrogens with one attached hydrogen (secondary N) is 1. The highest BCUT2D eigenvalue weighted by atomic mass is 19.2. The third-order valence-corrected chi connectivity index (χ3v) is 3.39. The molecule has 0 aromatic heterocycles. The summed E-state index contributed by atoms with van der Waals surface area (Å²) in [4.78, 5) is 23.1. The van der Waals surface area contributed by atoms with Gasteiger partial charge in [-0.25, -0.2) is 13.6 Å². The second kappa shape index (κ2) is 6.47. The van der Waals surface area contributed by atoms with E-state index < -0.39 is 29.6 Å². The van der Waals surface area contributed by atoms with Crippen molar-refractivity contribution in [3.05, 3.63) is 47.5 Å². The average Bonchev–Trinajstić information content (AvgIpc) is 2.92. The van der Waals surface area contributed by atoms with Crippen molar-refractivity contribution in [2.75, 3.05) is 0 Å². The Morgan fingerprint density at radius 3 is 2.67 bits per heavy atom. The van der Waals surface area contributed by atoms with E-state index in [4.69, 9.17) is 5.11 Å². The third-order valence-electron chi connectivity index (χ3n) is 3.39. The Balaban J connectivity index is 2.07. The van der Waals surface area contributed by atoms with Crippen LogP contribution >= 0.6 is 0 Å². The largest absolute Gasteiger partial charge is 0.479 e. The van der Waals surface area contributed by atoms with Crippen molar-refractivity contribution in [1.82, 2.24) is 5.32 Å². The molecule has 1 aliphatic carbocycles. The van der Waals surface area contributed by atoms with Crippen molar-refractivity contribution in [2.24, 2.45) is 5.92 Å². The number of aliphatic carboxylic acids is 1. The molecule has 0 unspecified atom stereocenters. The minimum Gasteiger partial charge on any atom is -0.479 e. The molecule has 112 valence electrons. The van der Waals surface area contributed by atoms with Crippen LogP contribution in [0.25, 0.3) is 0 Å². The highest BCUT2D eigenvalue weighted by Gasteiger charge is 2.24. The number of benzene rings is 1. The molecule has 6 heteroatoms. The Bertz CT molecular complexity index is 586. The summed E-state index contributed by atoms with van der Waals surface area (Å²) >= 11 is 0. The number of carboxylic acid groups (broad SMARTS) is 1. The van der Waals surface area contributed by atoms with Crippen molar-refractivity contribution in [3.8, 4) is 0 Å². The van der Waals surface area contributed by atoms with Gasteiger partial charge in [-0.15, -0.1) is 0 Å². The van der Waals surface area contributed by atoms with Gasteiger partial charge in [0.05, 0.1) is 0 Å². The van der Waals surface area contributed by atoms with E-state index in [1.165, 1.54) is 0 Å². The molecule has 2 atom stereocenters. The zero-order valence-corrected chi connectivity index (χ0v) is 11.2. The van der Waals surface area contributed by atoms with E-state index in [1.54, 1.807) is 0 Å². The minimum atomic E-state index is -1.39.